The number of carbonyl (C=O) groups is 1. The van der Waals surface area contributed by atoms with Gasteiger partial charge in [-0.25, -0.2) is 4.39 Å². The molecule has 0 saturated carbocycles. The highest BCUT2D eigenvalue weighted by molar-refractivity contribution is 5.76. The third kappa shape index (κ3) is 2.57. The second-order valence-electron chi connectivity index (χ2n) is 3.65. The van der Waals surface area contributed by atoms with Gasteiger partial charge in [-0.3, -0.25) is 4.79 Å². The van der Waals surface area contributed by atoms with E-state index >= 15 is 0 Å². The normalized spacial score (nSPS) is 11.6. The van der Waals surface area contributed by atoms with Crippen LogP contribution in [0.4, 0.5) is 10.1 Å². The van der Waals surface area contributed by atoms with Crippen molar-refractivity contribution in [3.8, 4) is 6.07 Å². The number of hydrogen-bond donors (Lipinski definition) is 0. The van der Waals surface area contributed by atoms with Crippen LogP contribution >= 0.6 is 0 Å². The second-order valence-corrected chi connectivity index (χ2v) is 3.65. The maximum atomic E-state index is 13.6. The largest absolute Gasteiger partial charge is 0.368 e. The minimum Gasteiger partial charge on any atom is -0.368 e. The standard InChI is InChI=1S/C12H13FN2O/c1-9(5-6-14)15(2)12-4-3-10(8-16)7-11(12)13/h3-4,7-9H,5H2,1-2H3. The molecule has 0 aliphatic heterocycles. The highest BCUT2D eigenvalue weighted by Crippen LogP contribution is 2.21. The molecule has 1 aromatic carbocycles. The maximum Gasteiger partial charge on any atom is 0.150 e. The van der Waals surface area contributed by atoms with Crippen LogP contribution in [0.1, 0.15) is 23.7 Å². The Morgan fingerprint density at radius 1 is 1.62 bits per heavy atom. The summed E-state index contributed by atoms with van der Waals surface area (Å²) >= 11 is 0. The number of hydrogen-bond acceptors (Lipinski definition) is 3. The molecule has 0 saturated heterocycles. The molecule has 0 fully saturated rings. The molecule has 3 nitrogen and oxygen atoms in total. The van der Waals surface area contributed by atoms with E-state index in [1.54, 1.807) is 24.1 Å². The molecule has 1 aromatic rings. The van der Waals surface area contributed by atoms with Gasteiger partial charge < -0.3 is 4.90 Å². The van der Waals surface area contributed by atoms with Gasteiger partial charge in [-0.15, -0.1) is 0 Å². The van der Waals surface area contributed by atoms with Crippen LogP contribution in [0.15, 0.2) is 18.2 Å². The van der Waals surface area contributed by atoms with Crippen molar-refractivity contribution in [1.29, 1.82) is 5.26 Å². The molecule has 0 bridgehead atoms. The quantitative estimate of drug-likeness (QED) is 0.732. The van der Waals surface area contributed by atoms with Gasteiger partial charge in [-0.2, -0.15) is 5.26 Å². The van der Waals surface area contributed by atoms with Crippen LogP contribution in [-0.2, 0) is 0 Å². The summed E-state index contributed by atoms with van der Waals surface area (Å²) in [4.78, 5) is 12.1. The van der Waals surface area contributed by atoms with Crippen molar-refractivity contribution in [2.75, 3.05) is 11.9 Å². The maximum absolute atomic E-state index is 13.6. The first kappa shape index (κ1) is 12.2. The molecule has 1 atom stereocenters. The minimum absolute atomic E-state index is 0.0680. The number of nitriles is 1. The smallest absolute Gasteiger partial charge is 0.150 e. The molecule has 0 aliphatic rings. The number of rotatable bonds is 4. The van der Waals surface area contributed by atoms with E-state index in [-0.39, 0.29) is 6.04 Å². The summed E-state index contributed by atoms with van der Waals surface area (Å²) in [6.45, 7) is 1.84. The lowest BCUT2D eigenvalue weighted by atomic mass is 10.1. The van der Waals surface area contributed by atoms with Gasteiger partial charge in [0.2, 0.25) is 0 Å². The van der Waals surface area contributed by atoms with E-state index in [0.717, 1.165) is 0 Å². The van der Waals surface area contributed by atoms with Gasteiger partial charge in [0.15, 0.2) is 0 Å². The topological polar surface area (TPSA) is 44.1 Å². The highest BCUT2D eigenvalue weighted by Gasteiger charge is 2.13. The lowest BCUT2D eigenvalue weighted by Crippen LogP contribution is -2.29. The van der Waals surface area contributed by atoms with Crippen molar-refractivity contribution >= 4 is 12.0 Å². The number of aldehydes is 1. The van der Waals surface area contributed by atoms with Gasteiger partial charge in [0.05, 0.1) is 18.2 Å². The molecular weight excluding hydrogens is 207 g/mol. The average molecular weight is 220 g/mol. The second kappa shape index (κ2) is 5.26. The van der Waals surface area contributed by atoms with Crippen LogP contribution in [0.3, 0.4) is 0 Å². The van der Waals surface area contributed by atoms with E-state index in [0.29, 0.717) is 24.0 Å². The Morgan fingerprint density at radius 3 is 2.81 bits per heavy atom. The molecule has 16 heavy (non-hydrogen) atoms. The van der Waals surface area contributed by atoms with Crippen molar-refractivity contribution in [3.05, 3.63) is 29.6 Å². The zero-order valence-electron chi connectivity index (χ0n) is 9.27. The van der Waals surface area contributed by atoms with Crippen molar-refractivity contribution in [2.45, 2.75) is 19.4 Å². The predicted octanol–water partition coefficient (Wildman–Crippen LogP) is 2.38. The molecule has 0 aromatic heterocycles. The number of carbonyl (C=O) groups excluding carboxylic acids is 1. The van der Waals surface area contributed by atoms with Crippen LogP contribution in [0, 0.1) is 17.1 Å². The van der Waals surface area contributed by atoms with E-state index in [4.69, 9.17) is 5.26 Å². The predicted molar refractivity (Wildman–Crippen MR) is 59.9 cm³/mol. The zero-order chi connectivity index (χ0) is 12.1. The summed E-state index contributed by atoms with van der Waals surface area (Å²) in [6.07, 6.45) is 0.928. The average Bonchev–Trinajstić information content (AvgIpc) is 2.28. The highest BCUT2D eigenvalue weighted by atomic mass is 19.1. The molecule has 0 radical (unpaired) electrons. The van der Waals surface area contributed by atoms with Gasteiger partial charge in [-0.1, -0.05) is 0 Å². The van der Waals surface area contributed by atoms with Crippen molar-refractivity contribution in [1.82, 2.24) is 0 Å². The van der Waals surface area contributed by atoms with Crippen molar-refractivity contribution in [2.24, 2.45) is 0 Å². The fourth-order valence-corrected chi connectivity index (χ4v) is 1.39. The van der Waals surface area contributed by atoms with E-state index in [9.17, 15) is 9.18 Å². The number of nitrogens with zero attached hydrogens (tertiary/aromatic N) is 2. The molecule has 4 heteroatoms. The van der Waals surface area contributed by atoms with Crippen LogP contribution in [-0.4, -0.2) is 19.4 Å². The first-order valence-corrected chi connectivity index (χ1v) is 4.94. The summed E-state index contributed by atoms with van der Waals surface area (Å²) in [6, 6.07) is 6.27. The number of anilines is 1. The van der Waals surface area contributed by atoms with Crippen LogP contribution < -0.4 is 4.90 Å². The summed E-state index contributed by atoms with van der Waals surface area (Å²) in [5.74, 6) is -0.447. The molecule has 0 N–H and O–H groups in total. The molecule has 0 heterocycles. The van der Waals surface area contributed by atoms with E-state index < -0.39 is 5.82 Å². The Morgan fingerprint density at radius 2 is 2.31 bits per heavy atom. The fourth-order valence-electron chi connectivity index (χ4n) is 1.39. The summed E-state index contributed by atoms with van der Waals surface area (Å²) in [5, 5.41) is 8.57. The third-order valence-corrected chi connectivity index (χ3v) is 2.54. The first-order valence-electron chi connectivity index (χ1n) is 4.94. The van der Waals surface area contributed by atoms with Crippen LogP contribution in [0.25, 0.3) is 0 Å². The lowest BCUT2D eigenvalue weighted by Gasteiger charge is -2.25. The Hall–Kier alpha value is -1.89. The monoisotopic (exact) mass is 220 g/mol. The molecule has 1 rings (SSSR count). The summed E-state index contributed by atoms with van der Waals surface area (Å²) < 4.78 is 13.6. The Balaban J connectivity index is 2.96. The summed E-state index contributed by atoms with van der Waals surface area (Å²) in [7, 11) is 1.72. The zero-order valence-corrected chi connectivity index (χ0v) is 9.27. The van der Waals surface area contributed by atoms with E-state index in [2.05, 4.69) is 0 Å². The Labute approximate surface area is 94.1 Å². The number of benzene rings is 1. The third-order valence-electron chi connectivity index (χ3n) is 2.54. The fraction of sp³-hybridized carbons (Fsp3) is 0.333. The van der Waals surface area contributed by atoms with Gasteiger partial charge in [0, 0.05) is 18.7 Å². The minimum atomic E-state index is -0.447. The van der Waals surface area contributed by atoms with Crippen LogP contribution in [0.2, 0.25) is 0 Å². The van der Waals surface area contributed by atoms with E-state index in [1.165, 1.54) is 6.07 Å². The molecule has 0 spiro atoms. The SMILES string of the molecule is CC(CC#N)N(C)c1ccc(C=O)cc1F. The van der Waals surface area contributed by atoms with E-state index in [1.807, 2.05) is 13.0 Å². The van der Waals surface area contributed by atoms with Crippen molar-refractivity contribution in [3.63, 3.8) is 0 Å². The molecule has 0 amide bonds. The van der Waals surface area contributed by atoms with Crippen molar-refractivity contribution < 1.29 is 9.18 Å². The van der Waals surface area contributed by atoms with Crippen LogP contribution in [0.5, 0.6) is 0 Å². The van der Waals surface area contributed by atoms with Gasteiger partial charge >= 0.3 is 0 Å². The summed E-state index contributed by atoms with van der Waals surface area (Å²) in [5.41, 5.74) is 0.705. The van der Waals surface area contributed by atoms with Gasteiger partial charge in [0.25, 0.3) is 0 Å². The lowest BCUT2D eigenvalue weighted by molar-refractivity contribution is 0.112. The Bertz CT molecular complexity index is 426. The first-order chi connectivity index (χ1) is 7.60. The van der Waals surface area contributed by atoms with Gasteiger partial charge in [0.1, 0.15) is 12.1 Å². The Kier molecular flexibility index (Phi) is 4.01. The number of halogens is 1. The molecule has 0 aliphatic carbocycles. The molecule has 1 unspecified atom stereocenters. The van der Waals surface area contributed by atoms with Gasteiger partial charge in [-0.05, 0) is 25.1 Å². The molecule has 84 valence electrons. The molecular formula is C12H13FN2O.